The summed E-state index contributed by atoms with van der Waals surface area (Å²) >= 11 is 0. The summed E-state index contributed by atoms with van der Waals surface area (Å²) in [5.41, 5.74) is 0.460. The number of para-hydroxylation sites is 1. The summed E-state index contributed by atoms with van der Waals surface area (Å²) in [6.07, 6.45) is 1.41. The normalized spacial score (nSPS) is 17.0. The van der Waals surface area contributed by atoms with E-state index in [1.807, 2.05) is 24.8 Å². The Bertz CT molecular complexity index is 599. The van der Waals surface area contributed by atoms with Crippen molar-refractivity contribution >= 4 is 5.91 Å². The predicted octanol–water partition coefficient (Wildman–Crippen LogP) is 2.51. The molecule has 1 saturated heterocycles. The Morgan fingerprint density at radius 2 is 1.92 bits per heavy atom. The fourth-order valence-electron chi connectivity index (χ4n) is 3.05. The molecule has 1 heterocycles. The van der Waals surface area contributed by atoms with Gasteiger partial charge in [-0.25, -0.2) is 0 Å². The van der Waals surface area contributed by atoms with Crippen molar-refractivity contribution in [2.45, 2.75) is 38.8 Å². The van der Waals surface area contributed by atoms with Crippen molar-refractivity contribution in [2.75, 3.05) is 27.2 Å². The maximum atomic E-state index is 12.9. The van der Waals surface area contributed by atoms with Crippen LogP contribution in [-0.2, 0) is 4.79 Å². The number of ether oxygens (including phenoxy) is 1. The maximum Gasteiger partial charge on any atom is 0.263 e. The molecule has 5 heteroatoms. The van der Waals surface area contributed by atoms with Gasteiger partial charge in [-0.2, -0.15) is 5.26 Å². The first kappa shape index (κ1) is 18.3. The van der Waals surface area contributed by atoms with Crippen LogP contribution in [0.3, 0.4) is 0 Å². The number of carbonyl (C=O) groups excluding carboxylic acids is 1. The lowest BCUT2D eigenvalue weighted by atomic mass is 10.0. The molecule has 1 aliphatic heterocycles. The molecule has 1 amide bonds. The molecule has 1 aromatic carbocycles. The van der Waals surface area contributed by atoms with Gasteiger partial charge in [-0.15, -0.1) is 0 Å². The Balaban J connectivity index is 2.08. The van der Waals surface area contributed by atoms with Gasteiger partial charge in [0, 0.05) is 19.1 Å². The van der Waals surface area contributed by atoms with Crippen molar-refractivity contribution in [3.8, 4) is 11.8 Å². The molecule has 0 aliphatic carbocycles. The molecule has 0 radical (unpaired) electrons. The van der Waals surface area contributed by atoms with Crippen LogP contribution in [-0.4, -0.2) is 55.0 Å². The monoisotopic (exact) mass is 329 g/mol. The number of rotatable bonds is 5. The molecule has 130 valence electrons. The van der Waals surface area contributed by atoms with Crippen molar-refractivity contribution in [1.29, 1.82) is 5.26 Å². The molecule has 0 N–H and O–H groups in total. The first-order valence-electron chi connectivity index (χ1n) is 8.55. The van der Waals surface area contributed by atoms with E-state index in [1.165, 1.54) is 0 Å². The number of piperidine rings is 1. The number of hydrogen-bond donors (Lipinski definition) is 0. The van der Waals surface area contributed by atoms with Gasteiger partial charge in [0.15, 0.2) is 6.10 Å². The Hall–Kier alpha value is -2.06. The smallest absolute Gasteiger partial charge is 0.263 e. The summed E-state index contributed by atoms with van der Waals surface area (Å²) in [4.78, 5) is 17.1. The highest BCUT2D eigenvalue weighted by Crippen LogP contribution is 2.23. The highest BCUT2D eigenvalue weighted by molar-refractivity contribution is 5.81. The quantitative estimate of drug-likeness (QED) is 0.833. The van der Waals surface area contributed by atoms with Crippen LogP contribution in [0.25, 0.3) is 0 Å². The standard InChI is InChI=1S/C19H27N3O2/c1-14(2)18(24-17-8-6-5-7-15(17)13-20)19(23)22-11-9-16(10-12-22)21(3)4/h5-8,14,16,18H,9-12H2,1-4H3/t18-/m1/s1. The second-order valence-electron chi connectivity index (χ2n) is 6.91. The molecule has 1 fully saturated rings. The molecular formula is C19H27N3O2. The van der Waals surface area contributed by atoms with Crippen molar-refractivity contribution < 1.29 is 9.53 Å². The summed E-state index contributed by atoms with van der Waals surface area (Å²) in [7, 11) is 4.17. The van der Waals surface area contributed by atoms with Crippen LogP contribution >= 0.6 is 0 Å². The second kappa shape index (κ2) is 8.16. The minimum absolute atomic E-state index is 0.0231. The van der Waals surface area contributed by atoms with E-state index in [-0.39, 0.29) is 11.8 Å². The van der Waals surface area contributed by atoms with Gasteiger partial charge in [-0.3, -0.25) is 4.79 Å². The van der Waals surface area contributed by atoms with E-state index in [0.717, 1.165) is 25.9 Å². The van der Waals surface area contributed by atoms with Gasteiger partial charge >= 0.3 is 0 Å². The van der Waals surface area contributed by atoms with Crippen molar-refractivity contribution in [2.24, 2.45) is 5.92 Å². The van der Waals surface area contributed by atoms with Crippen LogP contribution in [0.4, 0.5) is 0 Å². The van der Waals surface area contributed by atoms with Crippen LogP contribution in [0.15, 0.2) is 24.3 Å². The van der Waals surface area contributed by atoms with Gasteiger partial charge in [0.05, 0.1) is 5.56 Å². The molecule has 0 aromatic heterocycles. The van der Waals surface area contributed by atoms with Crippen LogP contribution in [0.2, 0.25) is 0 Å². The number of nitrogens with zero attached hydrogens (tertiary/aromatic N) is 3. The summed E-state index contributed by atoms with van der Waals surface area (Å²) in [6, 6.07) is 9.73. The minimum atomic E-state index is -0.560. The molecule has 0 bridgehead atoms. The molecule has 0 saturated carbocycles. The molecular weight excluding hydrogens is 302 g/mol. The molecule has 5 nitrogen and oxygen atoms in total. The molecule has 0 unspecified atom stereocenters. The Kier molecular flexibility index (Phi) is 6.22. The summed E-state index contributed by atoms with van der Waals surface area (Å²) in [5, 5.41) is 9.21. The second-order valence-corrected chi connectivity index (χ2v) is 6.91. The van der Waals surface area contributed by atoms with Crippen molar-refractivity contribution in [3.05, 3.63) is 29.8 Å². The van der Waals surface area contributed by atoms with Gasteiger partial charge < -0.3 is 14.5 Å². The summed E-state index contributed by atoms with van der Waals surface area (Å²) < 4.78 is 5.96. The zero-order valence-electron chi connectivity index (χ0n) is 15.0. The zero-order valence-corrected chi connectivity index (χ0v) is 15.0. The summed E-state index contributed by atoms with van der Waals surface area (Å²) in [5.74, 6) is 0.543. The number of likely N-dealkylation sites (tertiary alicyclic amines) is 1. The third-order valence-corrected chi connectivity index (χ3v) is 4.62. The van der Waals surface area contributed by atoms with Crippen LogP contribution in [0.1, 0.15) is 32.3 Å². The number of nitriles is 1. The number of hydrogen-bond acceptors (Lipinski definition) is 4. The SMILES string of the molecule is CC(C)[C@@H](Oc1ccccc1C#N)C(=O)N1CCC(N(C)C)CC1. The maximum absolute atomic E-state index is 12.9. The minimum Gasteiger partial charge on any atom is -0.479 e. The lowest BCUT2D eigenvalue weighted by molar-refractivity contribution is -0.142. The molecule has 1 aromatic rings. The Morgan fingerprint density at radius 1 is 1.29 bits per heavy atom. The Morgan fingerprint density at radius 3 is 2.46 bits per heavy atom. The third kappa shape index (κ3) is 4.27. The lowest BCUT2D eigenvalue weighted by Crippen LogP contribution is -2.50. The number of amides is 1. The first-order chi connectivity index (χ1) is 11.4. The highest BCUT2D eigenvalue weighted by Gasteiger charge is 2.32. The summed E-state index contributed by atoms with van der Waals surface area (Å²) in [6.45, 7) is 5.47. The van der Waals surface area contributed by atoms with Gasteiger partial charge in [0.25, 0.3) is 5.91 Å². The number of benzene rings is 1. The van der Waals surface area contributed by atoms with E-state index in [1.54, 1.807) is 18.2 Å². The van der Waals surface area contributed by atoms with E-state index in [2.05, 4.69) is 25.1 Å². The molecule has 1 aliphatic rings. The highest BCUT2D eigenvalue weighted by atomic mass is 16.5. The van der Waals surface area contributed by atoms with Gasteiger partial charge in [0.2, 0.25) is 0 Å². The fourth-order valence-corrected chi connectivity index (χ4v) is 3.05. The van der Waals surface area contributed by atoms with E-state index < -0.39 is 6.10 Å². The number of carbonyl (C=O) groups is 1. The van der Waals surface area contributed by atoms with E-state index >= 15 is 0 Å². The first-order valence-corrected chi connectivity index (χ1v) is 8.55. The van der Waals surface area contributed by atoms with Gasteiger partial charge in [-0.05, 0) is 45.0 Å². The lowest BCUT2D eigenvalue weighted by Gasteiger charge is -2.37. The van der Waals surface area contributed by atoms with E-state index in [4.69, 9.17) is 4.74 Å². The van der Waals surface area contributed by atoms with Crippen LogP contribution in [0, 0.1) is 17.2 Å². The van der Waals surface area contributed by atoms with E-state index in [0.29, 0.717) is 17.4 Å². The third-order valence-electron chi connectivity index (χ3n) is 4.62. The molecule has 2 rings (SSSR count). The van der Waals surface area contributed by atoms with E-state index in [9.17, 15) is 10.1 Å². The largest absolute Gasteiger partial charge is 0.479 e. The topological polar surface area (TPSA) is 56.6 Å². The fraction of sp³-hybridized carbons (Fsp3) is 0.579. The molecule has 0 spiro atoms. The van der Waals surface area contributed by atoms with Crippen LogP contribution in [0.5, 0.6) is 5.75 Å². The Labute approximate surface area is 144 Å². The van der Waals surface area contributed by atoms with Gasteiger partial charge in [-0.1, -0.05) is 26.0 Å². The van der Waals surface area contributed by atoms with Crippen LogP contribution < -0.4 is 4.74 Å². The van der Waals surface area contributed by atoms with Crippen molar-refractivity contribution in [3.63, 3.8) is 0 Å². The average Bonchev–Trinajstić information content (AvgIpc) is 2.59. The zero-order chi connectivity index (χ0) is 17.7. The van der Waals surface area contributed by atoms with Crippen molar-refractivity contribution in [1.82, 2.24) is 9.80 Å². The molecule has 1 atom stereocenters. The predicted molar refractivity (Wildman–Crippen MR) is 93.7 cm³/mol. The van der Waals surface area contributed by atoms with Gasteiger partial charge in [0.1, 0.15) is 11.8 Å². The average molecular weight is 329 g/mol. The molecule has 24 heavy (non-hydrogen) atoms.